The molecule has 0 aromatic heterocycles. The highest BCUT2D eigenvalue weighted by Gasteiger charge is 2.17. The standard InChI is InChI=1S/C20H24N2O5/c1-14-7-9-15(10-8-14)27-13-18(23)21-11-12-22-20(24)19-16(25-2)5-4-6-17(19)26-3/h4-10H,11-13H2,1-3H3,(H,21,23)(H,22,24). The summed E-state index contributed by atoms with van der Waals surface area (Å²) in [4.78, 5) is 24.2. The van der Waals surface area contributed by atoms with Gasteiger partial charge in [-0.3, -0.25) is 9.59 Å². The van der Waals surface area contributed by atoms with E-state index >= 15 is 0 Å². The normalized spacial score (nSPS) is 10.0. The van der Waals surface area contributed by atoms with Gasteiger partial charge in [-0.15, -0.1) is 0 Å². The van der Waals surface area contributed by atoms with Crippen molar-refractivity contribution in [2.75, 3.05) is 33.9 Å². The van der Waals surface area contributed by atoms with Gasteiger partial charge in [0, 0.05) is 13.1 Å². The molecule has 0 radical (unpaired) electrons. The zero-order valence-electron chi connectivity index (χ0n) is 15.7. The lowest BCUT2D eigenvalue weighted by atomic mass is 10.1. The van der Waals surface area contributed by atoms with Gasteiger partial charge in [0.1, 0.15) is 22.8 Å². The van der Waals surface area contributed by atoms with Crippen LogP contribution in [0.3, 0.4) is 0 Å². The molecule has 2 N–H and O–H groups in total. The van der Waals surface area contributed by atoms with Gasteiger partial charge in [-0.25, -0.2) is 0 Å². The van der Waals surface area contributed by atoms with E-state index in [9.17, 15) is 9.59 Å². The van der Waals surface area contributed by atoms with Crippen LogP contribution in [-0.2, 0) is 4.79 Å². The molecular weight excluding hydrogens is 348 g/mol. The maximum atomic E-state index is 12.4. The number of carbonyl (C=O) groups is 2. The molecule has 2 amide bonds. The Labute approximate surface area is 158 Å². The maximum absolute atomic E-state index is 12.4. The van der Waals surface area contributed by atoms with Crippen molar-refractivity contribution in [1.82, 2.24) is 10.6 Å². The summed E-state index contributed by atoms with van der Waals surface area (Å²) in [5.41, 5.74) is 1.44. The Morgan fingerprint density at radius 3 is 2.07 bits per heavy atom. The second kappa shape index (κ2) is 10.1. The molecule has 0 spiro atoms. The highest BCUT2D eigenvalue weighted by molar-refractivity contribution is 5.99. The van der Waals surface area contributed by atoms with Crippen molar-refractivity contribution in [3.05, 3.63) is 53.6 Å². The lowest BCUT2D eigenvalue weighted by Gasteiger charge is -2.13. The number of benzene rings is 2. The number of amides is 2. The fourth-order valence-corrected chi connectivity index (χ4v) is 2.38. The van der Waals surface area contributed by atoms with Gasteiger partial charge in [0.2, 0.25) is 0 Å². The van der Waals surface area contributed by atoms with Gasteiger partial charge < -0.3 is 24.8 Å². The second-order valence-corrected chi connectivity index (χ2v) is 5.75. The van der Waals surface area contributed by atoms with Crippen LogP contribution in [0.2, 0.25) is 0 Å². The predicted molar refractivity (Wildman–Crippen MR) is 102 cm³/mol. The Morgan fingerprint density at radius 2 is 1.48 bits per heavy atom. The average molecular weight is 372 g/mol. The summed E-state index contributed by atoms with van der Waals surface area (Å²) in [6.07, 6.45) is 0. The SMILES string of the molecule is COc1cccc(OC)c1C(=O)NCCNC(=O)COc1ccc(C)cc1. The number of hydrogen-bond donors (Lipinski definition) is 2. The lowest BCUT2D eigenvalue weighted by Crippen LogP contribution is -2.37. The van der Waals surface area contributed by atoms with Gasteiger partial charge in [-0.2, -0.15) is 0 Å². The first kappa shape index (κ1) is 20.1. The molecule has 7 heteroatoms. The molecule has 2 rings (SSSR count). The zero-order chi connectivity index (χ0) is 19.6. The number of aryl methyl sites for hydroxylation is 1. The molecule has 0 atom stereocenters. The average Bonchev–Trinajstić information content (AvgIpc) is 2.69. The van der Waals surface area contributed by atoms with Crippen molar-refractivity contribution in [1.29, 1.82) is 0 Å². The van der Waals surface area contributed by atoms with Gasteiger partial charge in [-0.05, 0) is 31.2 Å². The molecule has 0 aliphatic rings. The van der Waals surface area contributed by atoms with Crippen LogP contribution in [0.1, 0.15) is 15.9 Å². The summed E-state index contributed by atoms with van der Waals surface area (Å²) in [7, 11) is 2.97. The topological polar surface area (TPSA) is 85.9 Å². The highest BCUT2D eigenvalue weighted by Crippen LogP contribution is 2.27. The quantitative estimate of drug-likeness (QED) is 0.657. The Kier molecular flexibility index (Phi) is 7.49. The molecule has 2 aromatic rings. The van der Waals surface area contributed by atoms with E-state index in [1.807, 2.05) is 31.2 Å². The van der Waals surface area contributed by atoms with Crippen LogP contribution >= 0.6 is 0 Å². The summed E-state index contributed by atoms with van der Waals surface area (Å²) >= 11 is 0. The maximum Gasteiger partial charge on any atom is 0.258 e. The molecule has 7 nitrogen and oxygen atoms in total. The molecule has 0 aliphatic carbocycles. The van der Waals surface area contributed by atoms with Crippen LogP contribution in [0, 0.1) is 6.92 Å². The Hall–Kier alpha value is -3.22. The second-order valence-electron chi connectivity index (χ2n) is 5.75. The summed E-state index contributed by atoms with van der Waals surface area (Å²) < 4.78 is 15.8. The van der Waals surface area contributed by atoms with Crippen LogP contribution < -0.4 is 24.8 Å². The summed E-state index contributed by atoms with van der Waals surface area (Å²) in [5, 5.41) is 5.42. The number of carbonyl (C=O) groups excluding carboxylic acids is 2. The number of nitrogens with one attached hydrogen (secondary N) is 2. The minimum atomic E-state index is -0.338. The van der Waals surface area contributed by atoms with Crippen LogP contribution in [0.4, 0.5) is 0 Å². The first-order chi connectivity index (χ1) is 13.0. The minimum Gasteiger partial charge on any atom is -0.496 e. The number of rotatable bonds is 9. The molecular formula is C20H24N2O5. The van der Waals surface area contributed by atoms with Crippen molar-refractivity contribution >= 4 is 11.8 Å². The summed E-state index contributed by atoms with van der Waals surface area (Å²) in [6.45, 7) is 2.43. The molecule has 0 bridgehead atoms. The van der Waals surface area contributed by atoms with E-state index in [4.69, 9.17) is 14.2 Å². The first-order valence-electron chi connectivity index (χ1n) is 8.50. The van der Waals surface area contributed by atoms with Crippen molar-refractivity contribution in [2.45, 2.75) is 6.92 Å². The molecule has 0 saturated carbocycles. The fraction of sp³-hybridized carbons (Fsp3) is 0.300. The zero-order valence-corrected chi connectivity index (χ0v) is 15.7. The Morgan fingerprint density at radius 1 is 0.889 bits per heavy atom. The third kappa shape index (κ3) is 5.91. The molecule has 0 fully saturated rings. The van der Waals surface area contributed by atoms with E-state index in [1.54, 1.807) is 18.2 Å². The lowest BCUT2D eigenvalue weighted by molar-refractivity contribution is -0.123. The highest BCUT2D eigenvalue weighted by atomic mass is 16.5. The van der Waals surface area contributed by atoms with E-state index in [0.717, 1.165) is 5.56 Å². The number of hydrogen-bond acceptors (Lipinski definition) is 5. The Balaban J connectivity index is 1.75. The van der Waals surface area contributed by atoms with Crippen molar-refractivity contribution in [3.8, 4) is 17.2 Å². The number of ether oxygens (including phenoxy) is 3. The molecule has 0 unspecified atom stereocenters. The molecule has 144 valence electrons. The van der Waals surface area contributed by atoms with Crippen LogP contribution in [0.5, 0.6) is 17.2 Å². The van der Waals surface area contributed by atoms with Crippen LogP contribution in [0.25, 0.3) is 0 Å². The summed E-state index contributed by atoms with van der Waals surface area (Å²) in [6, 6.07) is 12.5. The van der Waals surface area contributed by atoms with Crippen molar-refractivity contribution in [3.63, 3.8) is 0 Å². The monoisotopic (exact) mass is 372 g/mol. The molecule has 0 aliphatic heterocycles. The van der Waals surface area contributed by atoms with Gasteiger partial charge in [0.05, 0.1) is 14.2 Å². The van der Waals surface area contributed by atoms with E-state index in [-0.39, 0.29) is 31.5 Å². The van der Waals surface area contributed by atoms with Gasteiger partial charge in [-0.1, -0.05) is 23.8 Å². The molecule has 0 saturated heterocycles. The van der Waals surface area contributed by atoms with E-state index in [2.05, 4.69) is 10.6 Å². The van der Waals surface area contributed by atoms with Crippen molar-refractivity contribution < 1.29 is 23.8 Å². The van der Waals surface area contributed by atoms with Gasteiger partial charge >= 0.3 is 0 Å². The van der Waals surface area contributed by atoms with Crippen LogP contribution in [0.15, 0.2) is 42.5 Å². The van der Waals surface area contributed by atoms with Gasteiger partial charge in [0.25, 0.3) is 11.8 Å². The predicted octanol–water partition coefficient (Wildman–Crippen LogP) is 1.94. The minimum absolute atomic E-state index is 0.0860. The molecule has 0 heterocycles. The van der Waals surface area contributed by atoms with E-state index in [1.165, 1.54) is 14.2 Å². The first-order valence-corrected chi connectivity index (χ1v) is 8.50. The smallest absolute Gasteiger partial charge is 0.258 e. The fourth-order valence-electron chi connectivity index (χ4n) is 2.38. The third-order valence-electron chi connectivity index (χ3n) is 3.78. The third-order valence-corrected chi connectivity index (χ3v) is 3.78. The van der Waals surface area contributed by atoms with Crippen molar-refractivity contribution in [2.24, 2.45) is 0 Å². The summed E-state index contributed by atoms with van der Waals surface area (Å²) in [5.74, 6) is 0.867. The Bertz CT molecular complexity index is 752. The largest absolute Gasteiger partial charge is 0.496 e. The van der Waals surface area contributed by atoms with E-state index < -0.39 is 0 Å². The molecule has 27 heavy (non-hydrogen) atoms. The van der Waals surface area contributed by atoms with E-state index in [0.29, 0.717) is 22.8 Å². The molecule has 2 aromatic carbocycles. The van der Waals surface area contributed by atoms with Gasteiger partial charge in [0.15, 0.2) is 6.61 Å². The van der Waals surface area contributed by atoms with Crippen LogP contribution in [-0.4, -0.2) is 45.7 Å². The number of methoxy groups -OCH3 is 2.